The van der Waals surface area contributed by atoms with Gasteiger partial charge in [0.1, 0.15) is 19.3 Å². The summed E-state index contributed by atoms with van der Waals surface area (Å²) < 4.78 is 68.2. The zero-order valence-corrected chi connectivity index (χ0v) is 60.4. The Kier molecular flexibility index (Phi) is 60.6. The molecule has 90 heavy (non-hydrogen) atoms. The number of hydrogen-bond donors (Lipinski definition) is 3. The van der Waals surface area contributed by atoms with Gasteiger partial charge in [-0.2, -0.15) is 0 Å². The number of carbonyl (C=O) groups excluding carboxylic acids is 4. The smallest absolute Gasteiger partial charge is 0.462 e. The minimum atomic E-state index is -4.95. The van der Waals surface area contributed by atoms with E-state index >= 15 is 0 Å². The fourth-order valence-corrected chi connectivity index (χ4v) is 12.3. The number of phosphoric ester groups is 2. The van der Waals surface area contributed by atoms with Crippen LogP contribution in [0.3, 0.4) is 0 Å². The van der Waals surface area contributed by atoms with E-state index in [9.17, 15) is 43.2 Å². The van der Waals surface area contributed by atoms with Crippen molar-refractivity contribution in [1.29, 1.82) is 0 Å². The molecule has 2 unspecified atom stereocenters. The molecular formula is C71H138O17P2. The highest BCUT2D eigenvalue weighted by Crippen LogP contribution is 2.45. The monoisotopic (exact) mass is 1320 g/mol. The van der Waals surface area contributed by atoms with Crippen LogP contribution in [-0.4, -0.2) is 96.7 Å². The highest BCUT2D eigenvalue weighted by molar-refractivity contribution is 7.47. The van der Waals surface area contributed by atoms with E-state index in [1.165, 1.54) is 167 Å². The van der Waals surface area contributed by atoms with Crippen molar-refractivity contribution in [3.63, 3.8) is 0 Å². The van der Waals surface area contributed by atoms with Crippen molar-refractivity contribution < 1.29 is 80.2 Å². The van der Waals surface area contributed by atoms with Gasteiger partial charge < -0.3 is 33.8 Å². The number of unbranched alkanes of at least 4 members (excludes halogenated alkanes) is 37. The minimum Gasteiger partial charge on any atom is -0.462 e. The second-order valence-corrected chi connectivity index (χ2v) is 30.0. The molecule has 534 valence electrons. The molecule has 3 N–H and O–H groups in total. The molecule has 0 aromatic carbocycles. The number of hydrogen-bond acceptors (Lipinski definition) is 15. The molecule has 0 saturated carbocycles. The van der Waals surface area contributed by atoms with E-state index in [0.717, 1.165) is 102 Å². The van der Waals surface area contributed by atoms with E-state index in [-0.39, 0.29) is 25.7 Å². The lowest BCUT2D eigenvalue weighted by Crippen LogP contribution is -2.30. The zero-order chi connectivity index (χ0) is 66.6. The Hall–Kier alpha value is -1.94. The zero-order valence-electron chi connectivity index (χ0n) is 58.6. The summed E-state index contributed by atoms with van der Waals surface area (Å²) in [5.41, 5.74) is 0. The van der Waals surface area contributed by atoms with E-state index in [1.54, 1.807) is 0 Å². The van der Waals surface area contributed by atoms with Crippen molar-refractivity contribution in [2.75, 3.05) is 39.6 Å². The summed E-state index contributed by atoms with van der Waals surface area (Å²) in [6, 6.07) is 0. The van der Waals surface area contributed by atoms with E-state index < -0.39 is 97.5 Å². The maximum atomic E-state index is 13.0. The third-order valence-corrected chi connectivity index (χ3v) is 18.3. The molecule has 0 saturated heterocycles. The number of rotatable bonds is 69. The summed E-state index contributed by atoms with van der Waals surface area (Å²) in [6.45, 7) is 11.7. The van der Waals surface area contributed by atoms with Gasteiger partial charge >= 0.3 is 39.5 Å². The highest BCUT2D eigenvalue weighted by atomic mass is 31.2. The number of ether oxygens (including phenoxy) is 4. The number of aliphatic hydroxyl groups excluding tert-OH is 1. The Labute approximate surface area is 549 Å². The average Bonchev–Trinajstić information content (AvgIpc) is 3.56. The Morgan fingerprint density at radius 1 is 0.300 bits per heavy atom. The Morgan fingerprint density at radius 3 is 0.756 bits per heavy atom. The molecule has 0 aromatic heterocycles. The average molecular weight is 1330 g/mol. The van der Waals surface area contributed by atoms with Crippen molar-refractivity contribution in [2.45, 2.75) is 375 Å². The lowest BCUT2D eigenvalue weighted by atomic mass is 10.0. The van der Waals surface area contributed by atoms with Crippen LogP contribution in [0.25, 0.3) is 0 Å². The van der Waals surface area contributed by atoms with E-state index in [0.29, 0.717) is 31.6 Å². The van der Waals surface area contributed by atoms with Crippen molar-refractivity contribution in [3.8, 4) is 0 Å². The first-order valence-corrected chi connectivity index (χ1v) is 39.8. The quantitative estimate of drug-likeness (QED) is 0.0222. The van der Waals surface area contributed by atoms with Crippen LogP contribution in [0.1, 0.15) is 357 Å². The molecule has 0 fully saturated rings. The van der Waals surface area contributed by atoms with E-state index in [2.05, 4.69) is 48.5 Å². The predicted molar refractivity (Wildman–Crippen MR) is 363 cm³/mol. The van der Waals surface area contributed by atoms with Crippen molar-refractivity contribution in [2.24, 2.45) is 17.8 Å². The highest BCUT2D eigenvalue weighted by Gasteiger charge is 2.30. The fourth-order valence-electron chi connectivity index (χ4n) is 10.7. The summed E-state index contributed by atoms with van der Waals surface area (Å²) in [5, 5.41) is 10.6. The number of carbonyl (C=O) groups is 4. The second-order valence-electron chi connectivity index (χ2n) is 27.1. The first-order valence-electron chi connectivity index (χ1n) is 36.8. The summed E-state index contributed by atoms with van der Waals surface area (Å²) >= 11 is 0. The molecule has 0 radical (unpaired) electrons. The van der Waals surface area contributed by atoms with Gasteiger partial charge in [0.05, 0.1) is 26.4 Å². The molecule has 0 spiro atoms. The third-order valence-electron chi connectivity index (χ3n) is 16.4. The molecule has 0 aliphatic heterocycles. The molecule has 0 amide bonds. The van der Waals surface area contributed by atoms with Gasteiger partial charge in [0, 0.05) is 25.7 Å². The third kappa shape index (κ3) is 64.8. The largest absolute Gasteiger partial charge is 0.472 e. The second kappa shape index (κ2) is 61.9. The van der Waals surface area contributed by atoms with Gasteiger partial charge in [-0.1, -0.05) is 305 Å². The topological polar surface area (TPSA) is 237 Å². The van der Waals surface area contributed by atoms with Crippen LogP contribution in [-0.2, 0) is 65.4 Å². The van der Waals surface area contributed by atoms with Crippen LogP contribution in [0.2, 0.25) is 0 Å². The van der Waals surface area contributed by atoms with Gasteiger partial charge in [-0.25, -0.2) is 9.13 Å². The van der Waals surface area contributed by atoms with Crippen LogP contribution in [0.4, 0.5) is 0 Å². The van der Waals surface area contributed by atoms with Crippen LogP contribution < -0.4 is 0 Å². The lowest BCUT2D eigenvalue weighted by Gasteiger charge is -2.21. The minimum absolute atomic E-state index is 0.102. The molecule has 0 aliphatic carbocycles. The normalized spacial score (nSPS) is 14.2. The van der Waals surface area contributed by atoms with Gasteiger partial charge in [0.15, 0.2) is 12.2 Å². The van der Waals surface area contributed by atoms with Crippen LogP contribution in [0.5, 0.6) is 0 Å². The molecule has 0 rings (SSSR count). The van der Waals surface area contributed by atoms with Crippen LogP contribution in [0, 0.1) is 17.8 Å². The Morgan fingerprint density at radius 2 is 0.511 bits per heavy atom. The summed E-state index contributed by atoms with van der Waals surface area (Å²) in [6.07, 6.45) is 46.2. The molecule has 19 heteroatoms. The van der Waals surface area contributed by atoms with Gasteiger partial charge in [0.25, 0.3) is 0 Å². The molecule has 0 aromatic rings. The van der Waals surface area contributed by atoms with Gasteiger partial charge in [0.2, 0.25) is 0 Å². The van der Waals surface area contributed by atoms with Crippen molar-refractivity contribution >= 4 is 39.5 Å². The summed E-state index contributed by atoms with van der Waals surface area (Å²) in [7, 11) is -9.90. The van der Waals surface area contributed by atoms with Crippen LogP contribution >= 0.6 is 15.6 Å². The molecule has 0 bridgehead atoms. The standard InChI is InChI=1S/C71H138O17P2/c1-8-9-10-11-12-23-30-38-45-52-68(73)81-59-67(88-71(76)55-48-41-34-33-37-44-51-64(6)7)61-86-90(79,80)84-57-65(72)56-83-89(77,78)85-60-66(58-82-69(74)53-46-39-31-27-26-29-36-43-50-63(4)5)87-70(75)54-47-40-32-25-22-20-18-16-14-13-15-17-19-21-24-28-35-42-49-62(2)3/h62-67,72H,8-61H2,1-7H3,(H,77,78)(H,79,80)/t65-,66-,67-/m1/s1. The number of aliphatic hydroxyl groups is 1. The van der Waals surface area contributed by atoms with Gasteiger partial charge in [-0.15, -0.1) is 0 Å². The van der Waals surface area contributed by atoms with Crippen LogP contribution in [0.15, 0.2) is 0 Å². The SMILES string of the molecule is CCCCCCCCCCCC(=O)OC[C@H](COP(=O)(O)OC[C@H](O)COP(=O)(O)OC[C@@H](COC(=O)CCCCCCCCCCC(C)C)OC(=O)CCCCCCCCCCCCCCCCCCCCC(C)C)OC(=O)CCCCCCCCC(C)C. The molecular weight excluding hydrogens is 1190 g/mol. The van der Waals surface area contributed by atoms with Crippen molar-refractivity contribution in [1.82, 2.24) is 0 Å². The fraction of sp³-hybridized carbons (Fsp3) is 0.944. The first-order chi connectivity index (χ1) is 43.2. The summed E-state index contributed by atoms with van der Waals surface area (Å²) in [5.74, 6) is 0.0839. The van der Waals surface area contributed by atoms with Crippen molar-refractivity contribution in [3.05, 3.63) is 0 Å². The predicted octanol–water partition coefficient (Wildman–Crippen LogP) is 20.2. The Balaban J connectivity index is 5.15. The van der Waals surface area contributed by atoms with E-state index in [1.807, 2.05) is 0 Å². The lowest BCUT2D eigenvalue weighted by molar-refractivity contribution is -0.161. The molecule has 0 heterocycles. The Bertz CT molecular complexity index is 1770. The van der Waals surface area contributed by atoms with Gasteiger partial charge in [-0.3, -0.25) is 37.3 Å². The maximum absolute atomic E-state index is 13.0. The van der Waals surface area contributed by atoms with Gasteiger partial charge in [-0.05, 0) is 43.4 Å². The molecule has 17 nitrogen and oxygen atoms in total. The summed E-state index contributed by atoms with van der Waals surface area (Å²) in [4.78, 5) is 72.4. The first kappa shape index (κ1) is 88.1. The number of phosphoric acid groups is 2. The molecule has 0 aliphatic rings. The van der Waals surface area contributed by atoms with E-state index in [4.69, 9.17) is 37.0 Å². The number of esters is 4. The molecule has 5 atom stereocenters. The maximum Gasteiger partial charge on any atom is 0.472 e.